The van der Waals surface area contributed by atoms with Gasteiger partial charge in [-0.15, -0.1) is 0 Å². The first kappa shape index (κ1) is 17.2. The highest BCUT2D eigenvalue weighted by atomic mass is 19.1. The first-order valence-electron chi connectivity index (χ1n) is 9.12. The maximum absolute atomic E-state index is 13.9. The smallest absolute Gasteiger partial charge is 0.226 e. The lowest BCUT2D eigenvalue weighted by atomic mass is 9.99. The maximum atomic E-state index is 13.9. The third-order valence-electron chi connectivity index (χ3n) is 5.23. The molecule has 0 radical (unpaired) electrons. The van der Waals surface area contributed by atoms with Crippen LogP contribution >= 0.6 is 0 Å². The Bertz CT molecular complexity index is 768. The van der Waals surface area contributed by atoms with Gasteiger partial charge < -0.3 is 10.1 Å². The normalized spacial score (nSPS) is 25.2. The number of carbonyl (C=O) groups excluding carboxylic acids is 1. The van der Waals surface area contributed by atoms with Gasteiger partial charge >= 0.3 is 0 Å². The van der Waals surface area contributed by atoms with Crippen molar-refractivity contribution in [3.05, 3.63) is 71.5 Å². The zero-order valence-electron chi connectivity index (χ0n) is 14.6. The molecular formula is C21H23FN2O2. The van der Waals surface area contributed by atoms with E-state index in [0.717, 1.165) is 18.5 Å². The highest BCUT2D eigenvalue weighted by molar-refractivity contribution is 5.79. The van der Waals surface area contributed by atoms with Crippen LogP contribution in [0.15, 0.2) is 54.6 Å². The van der Waals surface area contributed by atoms with Crippen LogP contribution in [0.1, 0.15) is 17.5 Å². The zero-order chi connectivity index (χ0) is 17.9. The topological polar surface area (TPSA) is 41.6 Å². The maximum Gasteiger partial charge on any atom is 0.226 e. The van der Waals surface area contributed by atoms with Crippen molar-refractivity contribution in [2.45, 2.75) is 31.7 Å². The molecule has 5 heteroatoms. The first-order chi connectivity index (χ1) is 12.7. The monoisotopic (exact) mass is 354 g/mol. The molecule has 0 aliphatic carbocycles. The number of likely N-dealkylation sites (tertiary alicyclic amines) is 1. The van der Waals surface area contributed by atoms with Crippen LogP contribution in [0.3, 0.4) is 0 Å². The molecule has 0 aromatic heterocycles. The Morgan fingerprint density at radius 3 is 2.69 bits per heavy atom. The molecule has 1 N–H and O–H groups in total. The lowest BCUT2D eigenvalue weighted by Gasteiger charge is -2.32. The highest BCUT2D eigenvalue weighted by Gasteiger charge is 2.44. The molecule has 136 valence electrons. The average Bonchev–Trinajstić information content (AvgIpc) is 2.97. The molecule has 1 amide bonds. The fourth-order valence-corrected chi connectivity index (χ4v) is 3.93. The third kappa shape index (κ3) is 3.79. The Kier molecular flexibility index (Phi) is 5.00. The Hall–Kier alpha value is -2.24. The van der Waals surface area contributed by atoms with Crippen LogP contribution in [0.4, 0.5) is 4.39 Å². The molecule has 2 aromatic carbocycles. The van der Waals surface area contributed by atoms with E-state index in [1.54, 1.807) is 6.07 Å². The summed E-state index contributed by atoms with van der Waals surface area (Å²) in [4.78, 5) is 14.8. The number of rotatable bonds is 5. The summed E-state index contributed by atoms with van der Waals surface area (Å²) in [5, 5.41) is 3.03. The van der Waals surface area contributed by atoms with Gasteiger partial charge in [-0.3, -0.25) is 9.69 Å². The number of morpholine rings is 1. The van der Waals surface area contributed by atoms with Crippen molar-refractivity contribution < 1.29 is 13.9 Å². The van der Waals surface area contributed by atoms with Crippen LogP contribution in [0.2, 0.25) is 0 Å². The molecule has 3 atom stereocenters. The molecule has 2 bridgehead atoms. The van der Waals surface area contributed by atoms with Crippen LogP contribution in [0.25, 0.3) is 0 Å². The number of benzene rings is 2. The average molecular weight is 354 g/mol. The molecule has 2 aromatic rings. The van der Waals surface area contributed by atoms with Crippen LogP contribution in [0.5, 0.6) is 0 Å². The third-order valence-corrected chi connectivity index (χ3v) is 5.23. The predicted molar refractivity (Wildman–Crippen MR) is 96.7 cm³/mol. The Labute approximate surface area is 153 Å². The number of hydrogen-bond acceptors (Lipinski definition) is 3. The lowest BCUT2D eigenvalue weighted by Crippen LogP contribution is -2.45. The summed E-state index contributed by atoms with van der Waals surface area (Å²) in [6.07, 6.45) is 0.670. The minimum absolute atomic E-state index is 0.0491. The number of halogens is 1. The number of fused-ring (bicyclic) bond motifs is 2. The minimum atomic E-state index is -0.177. The summed E-state index contributed by atoms with van der Waals surface area (Å²) in [6.45, 7) is 2.50. The largest absolute Gasteiger partial charge is 0.371 e. The molecule has 26 heavy (non-hydrogen) atoms. The number of amides is 1. The van der Waals surface area contributed by atoms with E-state index in [1.165, 1.54) is 6.07 Å². The Balaban J connectivity index is 1.35. The van der Waals surface area contributed by atoms with E-state index in [1.807, 2.05) is 42.5 Å². The van der Waals surface area contributed by atoms with Gasteiger partial charge in [-0.05, 0) is 18.1 Å². The van der Waals surface area contributed by atoms with Gasteiger partial charge in [-0.2, -0.15) is 0 Å². The quantitative estimate of drug-likeness (QED) is 0.898. The van der Waals surface area contributed by atoms with E-state index >= 15 is 0 Å². The fraction of sp³-hybridized carbons (Fsp3) is 0.381. The van der Waals surface area contributed by atoms with Crippen LogP contribution < -0.4 is 5.32 Å². The van der Waals surface area contributed by atoms with Crippen molar-refractivity contribution in [3.63, 3.8) is 0 Å². The Morgan fingerprint density at radius 2 is 1.88 bits per heavy atom. The summed E-state index contributed by atoms with van der Waals surface area (Å²) in [5.74, 6) is -0.257. The number of nitrogens with zero attached hydrogens (tertiary/aromatic N) is 1. The lowest BCUT2D eigenvalue weighted by molar-refractivity contribution is -0.128. The minimum Gasteiger partial charge on any atom is -0.371 e. The molecule has 0 spiro atoms. The standard InChI is InChI=1S/C21H23FN2O2/c22-19-9-5-4-8-16(19)12-24-13-17-10-18(20(14-24)26-17)21(25)23-11-15-6-2-1-3-7-15/h1-9,17-18,20H,10-14H2,(H,23,25)/t17-,18+,20-/m0/s1. The molecule has 0 saturated carbocycles. The van der Waals surface area contributed by atoms with Crippen molar-refractivity contribution in [3.8, 4) is 0 Å². The second-order valence-corrected chi connectivity index (χ2v) is 7.13. The van der Waals surface area contributed by atoms with Gasteiger partial charge in [0.1, 0.15) is 5.82 Å². The second-order valence-electron chi connectivity index (χ2n) is 7.13. The SMILES string of the molecule is O=C(NCc1ccccc1)[C@@H]1C[C@H]2CN(Cc3ccccc3F)C[C@@H]1O2. The van der Waals surface area contributed by atoms with Gasteiger partial charge in [-0.25, -0.2) is 4.39 Å². The van der Waals surface area contributed by atoms with Crippen LogP contribution in [-0.2, 0) is 22.6 Å². The van der Waals surface area contributed by atoms with Gasteiger partial charge in [-0.1, -0.05) is 48.5 Å². The number of nitrogens with one attached hydrogen (secondary N) is 1. The number of carbonyl (C=O) groups is 1. The highest BCUT2D eigenvalue weighted by Crippen LogP contribution is 2.33. The van der Waals surface area contributed by atoms with E-state index in [2.05, 4.69) is 10.2 Å². The molecule has 4 rings (SSSR count). The van der Waals surface area contributed by atoms with E-state index in [-0.39, 0.29) is 29.9 Å². The fourth-order valence-electron chi connectivity index (χ4n) is 3.93. The number of hydrogen-bond donors (Lipinski definition) is 1. The summed E-state index contributed by atoms with van der Waals surface area (Å²) in [7, 11) is 0. The van der Waals surface area contributed by atoms with E-state index < -0.39 is 0 Å². The molecule has 2 saturated heterocycles. The summed E-state index contributed by atoms with van der Waals surface area (Å²) >= 11 is 0. The van der Waals surface area contributed by atoms with Crippen molar-refractivity contribution in [1.29, 1.82) is 0 Å². The molecular weight excluding hydrogens is 331 g/mol. The van der Waals surface area contributed by atoms with Crippen molar-refractivity contribution in [1.82, 2.24) is 10.2 Å². The molecule has 2 aliphatic heterocycles. The first-order valence-corrected chi connectivity index (χ1v) is 9.12. The van der Waals surface area contributed by atoms with Crippen molar-refractivity contribution in [2.75, 3.05) is 13.1 Å². The predicted octanol–water partition coefficient (Wildman–Crippen LogP) is 2.73. The van der Waals surface area contributed by atoms with Crippen molar-refractivity contribution in [2.24, 2.45) is 5.92 Å². The van der Waals surface area contributed by atoms with Gasteiger partial charge in [0, 0.05) is 31.7 Å². The van der Waals surface area contributed by atoms with Gasteiger partial charge in [0.15, 0.2) is 0 Å². The second kappa shape index (κ2) is 7.56. The van der Waals surface area contributed by atoms with Crippen molar-refractivity contribution >= 4 is 5.91 Å². The van der Waals surface area contributed by atoms with Gasteiger partial charge in [0.2, 0.25) is 5.91 Å². The summed E-state index contributed by atoms with van der Waals surface area (Å²) in [5.41, 5.74) is 1.78. The molecule has 2 fully saturated rings. The summed E-state index contributed by atoms with van der Waals surface area (Å²) < 4.78 is 19.9. The molecule has 4 nitrogen and oxygen atoms in total. The molecule has 0 unspecified atom stereocenters. The van der Waals surface area contributed by atoms with E-state index in [9.17, 15) is 9.18 Å². The van der Waals surface area contributed by atoms with Gasteiger partial charge in [0.05, 0.1) is 18.1 Å². The number of ether oxygens (including phenoxy) is 1. The molecule has 2 heterocycles. The Morgan fingerprint density at radius 1 is 1.12 bits per heavy atom. The van der Waals surface area contributed by atoms with Crippen LogP contribution in [-0.4, -0.2) is 36.1 Å². The van der Waals surface area contributed by atoms with Crippen LogP contribution in [0, 0.1) is 11.7 Å². The molecule has 2 aliphatic rings. The van der Waals surface area contributed by atoms with E-state index in [0.29, 0.717) is 25.2 Å². The zero-order valence-corrected chi connectivity index (χ0v) is 14.6. The van der Waals surface area contributed by atoms with Gasteiger partial charge in [0.25, 0.3) is 0 Å². The van der Waals surface area contributed by atoms with E-state index in [4.69, 9.17) is 4.74 Å². The summed E-state index contributed by atoms with van der Waals surface area (Å²) in [6, 6.07) is 16.8.